The first-order valence-corrected chi connectivity index (χ1v) is 8.35. The Hall–Kier alpha value is -1.01. The van der Waals surface area contributed by atoms with Crippen molar-refractivity contribution in [1.82, 2.24) is 10.6 Å². The van der Waals surface area contributed by atoms with Gasteiger partial charge in [-0.05, 0) is 18.2 Å². The molecular formula is C14H19N2NaO7S. The largest absolute Gasteiger partial charge is 1.00 e. The number of hydrogen-bond acceptors (Lipinski definition) is 7. The fraction of sp³-hybridized carbons (Fsp3) is 0.429. The summed E-state index contributed by atoms with van der Waals surface area (Å²) in [5.41, 5.74) is -0.222. The van der Waals surface area contributed by atoms with Crippen LogP contribution in [0.25, 0.3) is 0 Å². The van der Waals surface area contributed by atoms with E-state index in [-0.39, 0.29) is 67.0 Å². The standard InChI is InChI=1S/C14H20N2O7S.Na/c1-22-5-3-15-13(17)10-7-11(14(18)16-4-6-23-2)9-12(8-10)24(19,20)21;/h7-9H,3-6H2,1-2H3,(H,15,17)(H,16,18)(H,19,20,21);/q;+1/p-1. The molecule has 11 heteroatoms. The molecule has 0 spiro atoms. The van der Waals surface area contributed by atoms with E-state index in [1.165, 1.54) is 20.3 Å². The number of rotatable bonds is 9. The van der Waals surface area contributed by atoms with Crippen LogP contribution < -0.4 is 40.2 Å². The summed E-state index contributed by atoms with van der Waals surface area (Å²) in [6.45, 7) is 0.906. The van der Waals surface area contributed by atoms with Crippen LogP contribution in [0.3, 0.4) is 0 Å². The van der Waals surface area contributed by atoms with Gasteiger partial charge in [-0.2, -0.15) is 0 Å². The van der Waals surface area contributed by atoms with Gasteiger partial charge in [0.1, 0.15) is 10.1 Å². The Balaban J connectivity index is 0.00000576. The van der Waals surface area contributed by atoms with Crippen molar-refractivity contribution in [2.24, 2.45) is 0 Å². The predicted molar refractivity (Wildman–Crippen MR) is 82.8 cm³/mol. The van der Waals surface area contributed by atoms with Gasteiger partial charge in [0.05, 0.1) is 18.1 Å². The second kappa shape index (κ2) is 11.6. The Morgan fingerprint density at radius 2 is 1.36 bits per heavy atom. The van der Waals surface area contributed by atoms with Crippen molar-refractivity contribution in [3.63, 3.8) is 0 Å². The maximum atomic E-state index is 12.0. The van der Waals surface area contributed by atoms with Crippen LogP contribution in [0.1, 0.15) is 20.7 Å². The summed E-state index contributed by atoms with van der Waals surface area (Å²) >= 11 is 0. The minimum atomic E-state index is -4.82. The molecule has 1 aromatic rings. The summed E-state index contributed by atoms with van der Waals surface area (Å²) in [6.07, 6.45) is 0. The van der Waals surface area contributed by atoms with E-state index in [2.05, 4.69) is 10.6 Å². The van der Waals surface area contributed by atoms with Crippen LogP contribution in [0.4, 0.5) is 0 Å². The van der Waals surface area contributed by atoms with Gasteiger partial charge in [0.25, 0.3) is 11.8 Å². The number of ether oxygens (including phenoxy) is 2. The smallest absolute Gasteiger partial charge is 0.744 e. The van der Waals surface area contributed by atoms with Gasteiger partial charge < -0.3 is 24.7 Å². The molecule has 0 saturated carbocycles. The molecular weight excluding hydrogens is 363 g/mol. The quantitative estimate of drug-likeness (QED) is 0.255. The van der Waals surface area contributed by atoms with Crippen molar-refractivity contribution in [2.45, 2.75) is 4.90 Å². The normalized spacial score (nSPS) is 10.7. The summed E-state index contributed by atoms with van der Waals surface area (Å²) in [6, 6.07) is 3.06. The third-order valence-corrected chi connectivity index (χ3v) is 3.72. The maximum absolute atomic E-state index is 12.0. The number of amides is 2. The molecule has 1 rings (SSSR count). The summed E-state index contributed by atoms with van der Waals surface area (Å²) in [5, 5.41) is 4.97. The first kappa shape index (κ1) is 24.0. The van der Waals surface area contributed by atoms with Gasteiger partial charge in [-0.1, -0.05) is 0 Å². The Kier molecular flexibility index (Phi) is 11.1. The number of methoxy groups -OCH3 is 2. The van der Waals surface area contributed by atoms with Crippen molar-refractivity contribution >= 4 is 21.9 Å². The van der Waals surface area contributed by atoms with Gasteiger partial charge in [0.15, 0.2) is 0 Å². The molecule has 0 aliphatic rings. The molecule has 0 atom stereocenters. The van der Waals surface area contributed by atoms with E-state index in [0.29, 0.717) is 0 Å². The van der Waals surface area contributed by atoms with E-state index < -0.39 is 26.8 Å². The van der Waals surface area contributed by atoms with Gasteiger partial charge in [-0.25, -0.2) is 8.42 Å². The summed E-state index contributed by atoms with van der Waals surface area (Å²) in [7, 11) is -1.91. The predicted octanol–water partition coefficient (Wildman–Crippen LogP) is -3.65. The van der Waals surface area contributed by atoms with Gasteiger partial charge in [0.2, 0.25) is 0 Å². The Labute approximate surface area is 168 Å². The second-order valence-electron chi connectivity index (χ2n) is 4.70. The van der Waals surface area contributed by atoms with E-state index in [0.717, 1.165) is 12.1 Å². The molecule has 0 heterocycles. The van der Waals surface area contributed by atoms with Crippen molar-refractivity contribution in [2.75, 3.05) is 40.5 Å². The molecule has 0 aliphatic heterocycles. The van der Waals surface area contributed by atoms with Crippen LogP contribution in [-0.2, 0) is 19.6 Å². The molecule has 2 amide bonds. The molecule has 0 saturated heterocycles. The Morgan fingerprint density at radius 3 is 1.68 bits per heavy atom. The van der Waals surface area contributed by atoms with Crippen LogP contribution in [0.5, 0.6) is 0 Å². The molecule has 0 radical (unpaired) electrons. The zero-order chi connectivity index (χ0) is 18.2. The minimum Gasteiger partial charge on any atom is -0.744 e. The summed E-state index contributed by atoms with van der Waals surface area (Å²) in [5.74, 6) is -1.24. The topological polar surface area (TPSA) is 134 Å². The summed E-state index contributed by atoms with van der Waals surface area (Å²) in [4.78, 5) is 23.4. The molecule has 0 aliphatic carbocycles. The van der Waals surface area contributed by atoms with Crippen molar-refractivity contribution in [1.29, 1.82) is 0 Å². The third-order valence-electron chi connectivity index (χ3n) is 2.90. The molecule has 25 heavy (non-hydrogen) atoms. The zero-order valence-corrected chi connectivity index (χ0v) is 17.1. The summed E-state index contributed by atoms with van der Waals surface area (Å²) < 4.78 is 43.3. The SMILES string of the molecule is COCCNC(=O)c1cc(C(=O)NCCOC)cc(S(=O)(=O)[O-])c1.[Na+]. The average molecular weight is 382 g/mol. The van der Waals surface area contributed by atoms with Gasteiger partial charge in [-0.15, -0.1) is 0 Å². The molecule has 0 aromatic heterocycles. The van der Waals surface area contributed by atoms with Gasteiger partial charge in [-0.3, -0.25) is 9.59 Å². The second-order valence-corrected chi connectivity index (χ2v) is 6.08. The first-order chi connectivity index (χ1) is 11.3. The van der Waals surface area contributed by atoms with E-state index >= 15 is 0 Å². The molecule has 9 nitrogen and oxygen atoms in total. The number of carbonyl (C=O) groups is 2. The van der Waals surface area contributed by atoms with E-state index in [1.54, 1.807) is 0 Å². The fourth-order valence-corrected chi connectivity index (χ4v) is 2.29. The number of benzene rings is 1. The molecule has 1 aromatic carbocycles. The number of nitrogens with one attached hydrogen (secondary N) is 2. The van der Waals surface area contributed by atoms with E-state index in [1.807, 2.05) is 0 Å². The van der Waals surface area contributed by atoms with Crippen LogP contribution in [0.15, 0.2) is 23.1 Å². The van der Waals surface area contributed by atoms with Gasteiger partial charge >= 0.3 is 29.6 Å². The van der Waals surface area contributed by atoms with Crippen LogP contribution in [0, 0.1) is 0 Å². The van der Waals surface area contributed by atoms with Gasteiger partial charge in [0, 0.05) is 38.4 Å². The Morgan fingerprint density at radius 1 is 0.960 bits per heavy atom. The first-order valence-electron chi connectivity index (χ1n) is 6.95. The van der Waals surface area contributed by atoms with Crippen LogP contribution >= 0.6 is 0 Å². The van der Waals surface area contributed by atoms with Crippen LogP contribution in [0.2, 0.25) is 0 Å². The fourth-order valence-electron chi connectivity index (χ4n) is 1.74. The molecule has 2 N–H and O–H groups in total. The number of hydrogen-bond donors (Lipinski definition) is 2. The Bertz CT molecular complexity index is 654. The molecule has 134 valence electrons. The van der Waals surface area contributed by atoms with Crippen molar-refractivity contribution in [3.8, 4) is 0 Å². The van der Waals surface area contributed by atoms with E-state index in [4.69, 9.17) is 9.47 Å². The zero-order valence-electron chi connectivity index (χ0n) is 14.3. The monoisotopic (exact) mass is 382 g/mol. The van der Waals surface area contributed by atoms with Crippen LogP contribution in [-0.4, -0.2) is 65.3 Å². The van der Waals surface area contributed by atoms with E-state index in [9.17, 15) is 22.6 Å². The molecule has 0 bridgehead atoms. The van der Waals surface area contributed by atoms with Crippen molar-refractivity contribution in [3.05, 3.63) is 29.3 Å². The molecule has 0 unspecified atom stereocenters. The molecule has 0 fully saturated rings. The third kappa shape index (κ3) is 8.27. The minimum absolute atomic E-state index is 0. The average Bonchev–Trinajstić information content (AvgIpc) is 2.53. The maximum Gasteiger partial charge on any atom is 1.00 e. The number of carbonyl (C=O) groups excluding carboxylic acids is 2. The van der Waals surface area contributed by atoms with Crippen molar-refractivity contribution < 1.29 is 61.6 Å².